The molecule has 1 heterocycles. The average molecular weight is 223 g/mol. The molecule has 1 aromatic heterocycles. The fourth-order valence-corrected chi connectivity index (χ4v) is 1.43. The lowest BCUT2D eigenvalue weighted by Gasteiger charge is -2.11. The molecule has 0 amide bonds. The highest BCUT2D eigenvalue weighted by molar-refractivity contribution is 5.03. The molecule has 0 aliphatic heterocycles. The van der Waals surface area contributed by atoms with E-state index in [1.807, 2.05) is 19.9 Å². The van der Waals surface area contributed by atoms with Crippen LogP contribution in [-0.2, 0) is 11.3 Å². The summed E-state index contributed by atoms with van der Waals surface area (Å²) in [6.45, 7) is 8.59. The van der Waals surface area contributed by atoms with E-state index in [1.165, 1.54) is 0 Å². The van der Waals surface area contributed by atoms with Crippen LogP contribution in [0.4, 0.5) is 0 Å². The predicted molar refractivity (Wildman–Crippen MR) is 64.1 cm³/mol. The maximum Gasteiger partial charge on any atom is 0.157 e. The van der Waals surface area contributed by atoms with E-state index in [0.717, 1.165) is 31.0 Å². The summed E-state index contributed by atoms with van der Waals surface area (Å²) >= 11 is 0. The van der Waals surface area contributed by atoms with Crippen molar-refractivity contribution < 1.29 is 4.74 Å². The molecule has 0 aromatic carbocycles. The summed E-state index contributed by atoms with van der Waals surface area (Å²) in [6.07, 6.45) is 2.89. The Kier molecular flexibility index (Phi) is 5.96. The van der Waals surface area contributed by atoms with Gasteiger partial charge in [0.05, 0.1) is 5.69 Å². The second kappa shape index (κ2) is 7.30. The highest BCUT2D eigenvalue weighted by atomic mass is 16.5. The molecule has 0 spiro atoms. The quantitative estimate of drug-likeness (QED) is 0.719. The summed E-state index contributed by atoms with van der Waals surface area (Å²) in [5.74, 6) is 0.762. The summed E-state index contributed by atoms with van der Waals surface area (Å²) in [4.78, 5) is 8.69. The summed E-state index contributed by atoms with van der Waals surface area (Å²) in [5, 5.41) is 3.32. The molecule has 16 heavy (non-hydrogen) atoms. The Bertz CT molecular complexity index is 304. The number of hydrogen-bond acceptors (Lipinski definition) is 4. The number of nitrogens with zero attached hydrogens (tertiary/aromatic N) is 2. The third kappa shape index (κ3) is 4.24. The smallest absolute Gasteiger partial charge is 0.157 e. The molecule has 0 bridgehead atoms. The van der Waals surface area contributed by atoms with Crippen LogP contribution in [-0.4, -0.2) is 23.1 Å². The Balaban J connectivity index is 2.56. The van der Waals surface area contributed by atoms with Crippen LogP contribution in [0.15, 0.2) is 12.3 Å². The monoisotopic (exact) mass is 223 g/mol. The Hall–Kier alpha value is -1.00. The first-order chi connectivity index (χ1) is 7.77. The predicted octanol–water partition coefficient (Wildman–Crippen LogP) is 2.07. The van der Waals surface area contributed by atoms with Gasteiger partial charge in [0.15, 0.2) is 5.82 Å². The molecule has 0 aliphatic carbocycles. The minimum atomic E-state index is -0.0314. The lowest BCUT2D eigenvalue weighted by molar-refractivity contribution is 0.0698. The summed E-state index contributed by atoms with van der Waals surface area (Å²) in [5.41, 5.74) is 1.02. The van der Waals surface area contributed by atoms with Crippen molar-refractivity contribution in [2.45, 2.75) is 39.8 Å². The minimum Gasteiger partial charge on any atom is -0.371 e. The van der Waals surface area contributed by atoms with Gasteiger partial charge in [-0.3, -0.25) is 0 Å². The van der Waals surface area contributed by atoms with Crippen LogP contribution in [0, 0.1) is 0 Å². The zero-order chi connectivity index (χ0) is 11.8. The van der Waals surface area contributed by atoms with Crippen molar-refractivity contribution in [1.82, 2.24) is 15.3 Å². The molecule has 90 valence electrons. The van der Waals surface area contributed by atoms with E-state index in [1.54, 1.807) is 6.20 Å². The van der Waals surface area contributed by atoms with E-state index in [4.69, 9.17) is 4.74 Å². The molecule has 1 N–H and O–H groups in total. The lowest BCUT2D eigenvalue weighted by atomic mass is 10.3. The normalized spacial score (nSPS) is 12.7. The van der Waals surface area contributed by atoms with E-state index in [0.29, 0.717) is 6.61 Å². The van der Waals surface area contributed by atoms with Crippen molar-refractivity contribution in [3.05, 3.63) is 23.8 Å². The maximum absolute atomic E-state index is 5.46. The van der Waals surface area contributed by atoms with Gasteiger partial charge in [0.25, 0.3) is 0 Å². The van der Waals surface area contributed by atoms with Crippen molar-refractivity contribution in [2.75, 3.05) is 13.2 Å². The van der Waals surface area contributed by atoms with Gasteiger partial charge < -0.3 is 10.1 Å². The fourth-order valence-electron chi connectivity index (χ4n) is 1.43. The molecule has 4 heteroatoms. The minimum absolute atomic E-state index is 0.0314. The van der Waals surface area contributed by atoms with Gasteiger partial charge in [-0.1, -0.05) is 6.92 Å². The SMILES string of the molecule is CCCNCc1ccnc(C(C)OCC)n1. The summed E-state index contributed by atoms with van der Waals surface area (Å²) in [7, 11) is 0. The van der Waals surface area contributed by atoms with Crippen LogP contribution in [0.2, 0.25) is 0 Å². The third-order valence-corrected chi connectivity index (χ3v) is 2.25. The lowest BCUT2D eigenvalue weighted by Crippen LogP contribution is -2.16. The Morgan fingerprint density at radius 1 is 1.44 bits per heavy atom. The molecule has 1 atom stereocenters. The van der Waals surface area contributed by atoms with E-state index in [-0.39, 0.29) is 6.10 Å². The average Bonchev–Trinajstić information content (AvgIpc) is 2.30. The zero-order valence-corrected chi connectivity index (χ0v) is 10.4. The number of nitrogens with one attached hydrogen (secondary N) is 1. The molecular weight excluding hydrogens is 202 g/mol. The Labute approximate surface area is 97.5 Å². The van der Waals surface area contributed by atoms with Crippen LogP contribution >= 0.6 is 0 Å². The molecule has 1 aromatic rings. The topological polar surface area (TPSA) is 47.0 Å². The fraction of sp³-hybridized carbons (Fsp3) is 0.667. The third-order valence-electron chi connectivity index (χ3n) is 2.25. The van der Waals surface area contributed by atoms with E-state index < -0.39 is 0 Å². The first kappa shape index (κ1) is 13.1. The molecule has 0 radical (unpaired) electrons. The van der Waals surface area contributed by atoms with Gasteiger partial charge in [-0.2, -0.15) is 0 Å². The van der Waals surface area contributed by atoms with Crippen LogP contribution in [0.25, 0.3) is 0 Å². The van der Waals surface area contributed by atoms with Crippen molar-refractivity contribution in [2.24, 2.45) is 0 Å². The zero-order valence-electron chi connectivity index (χ0n) is 10.4. The maximum atomic E-state index is 5.46. The first-order valence-corrected chi connectivity index (χ1v) is 5.92. The molecule has 1 unspecified atom stereocenters. The Morgan fingerprint density at radius 2 is 2.25 bits per heavy atom. The van der Waals surface area contributed by atoms with E-state index >= 15 is 0 Å². The van der Waals surface area contributed by atoms with Gasteiger partial charge >= 0.3 is 0 Å². The molecule has 0 saturated carbocycles. The number of aromatic nitrogens is 2. The van der Waals surface area contributed by atoms with Crippen LogP contribution in [0.1, 0.15) is 44.8 Å². The largest absolute Gasteiger partial charge is 0.371 e. The van der Waals surface area contributed by atoms with Gasteiger partial charge in [0.2, 0.25) is 0 Å². The van der Waals surface area contributed by atoms with Crippen molar-refractivity contribution >= 4 is 0 Å². The van der Waals surface area contributed by atoms with Crippen LogP contribution < -0.4 is 5.32 Å². The van der Waals surface area contributed by atoms with E-state index in [9.17, 15) is 0 Å². The van der Waals surface area contributed by atoms with Gasteiger partial charge in [-0.15, -0.1) is 0 Å². The standard InChI is InChI=1S/C12H21N3O/c1-4-7-13-9-11-6-8-14-12(15-11)10(3)16-5-2/h6,8,10,13H,4-5,7,9H2,1-3H3. The van der Waals surface area contributed by atoms with Gasteiger partial charge in [0, 0.05) is 19.3 Å². The highest BCUT2D eigenvalue weighted by Crippen LogP contribution is 2.11. The van der Waals surface area contributed by atoms with E-state index in [2.05, 4.69) is 22.2 Å². The molecule has 0 fully saturated rings. The summed E-state index contributed by atoms with van der Waals surface area (Å²) in [6, 6.07) is 1.94. The van der Waals surface area contributed by atoms with Gasteiger partial charge in [-0.25, -0.2) is 9.97 Å². The van der Waals surface area contributed by atoms with Crippen molar-refractivity contribution in [3.8, 4) is 0 Å². The molecule has 4 nitrogen and oxygen atoms in total. The Morgan fingerprint density at radius 3 is 2.94 bits per heavy atom. The number of hydrogen-bond donors (Lipinski definition) is 1. The molecule has 1 rings (SSSR count). The molecule has 0 aliphatic rings. The number of rotatable bonds is 7. The van der Waals surface area contributed by atoms with Gasteiger partial charge in [-0.05, 0) is 32.9 Å². The van der Waals surface area contributed by atoms with Crippen LogP contribution in [0.3, 0.4) is 0 Å². The van der Waals surface area contributed by atoms with Crippen LogP contribution in [0.5, 0.6) is 0 Å². The second-order valence-electron chi connectivity index (χ2n) is 3.68. The second-order valence-corrected chi connectivity index (χ2v) is 3.68. The van der Waals surface area contributed by atoms with Crippen molar-refractivity contribution in [1.29, 1.82) is 0 Å². The van der Waals surface area contributed by atoms with Gasteiger partial charge in [0.1, 0.15) is 6.10 Å². The first-order valence-electron chi connectivity index (χ1n) is 5.92. The summed E-state index contributed by atoms with van der Waals surface area (Å²) < 4.78 is 5.46. The molecule has 0 saturated heterocycles. The highest BCUT2D eigenvalue weighted by Gasteiger charge is 2.08. The molecular formula is C12H21N3O. The van der Waals surface area contributed by atoms with Crippen molar-refractivity contribution in [3.63, 3.8) is 0 Å². The number of ether oxygens (including phenoxy) is 1.